The van der Waals surface area contributed by atoms with Gasteiger partial charge in [-0.3, -0.25) is 0 Å². The largest absolute Gasteiger partial charge is 0.382 e. The molecule has 2 aromatic rings. The maximum Gasteiger partial charge on any atom is 0.0931 e. The Hall–Kier alpha value is -1.35. The van der Waals surface area contributed by atoms with Gasteiger partial charge in [0.1, 0.15) is 0 Å². The van der Waals surface area contributed by atoms with E-state index in [0.717, 1.165) is 24.2 Å². The van der Waals surface area contributed by atoms with Crippen molar-refractivity contribution in [3.05, 3.63) is 30.6 Å². The van der Waals surface area contributed by atoms with E-state index < -0.39 is 0 Å². The van der Waals surface area contributed by atoms with Crippen LogP contribution in [0.3, 0.4) is 0 Å². The van der Waals surface area contributed by atoms with E-state index in [-0.39, 0.29) is 0 Å². The van der Waals surface area contributed by atoms with Crippen molar-refractivity contribution >= 4 is 11.0 Å². The average molecular weight is 192 g/mol. The molecule has 0 unspecified atom stereocenters. The van der Waals surface area contributed by atoms with Crippen LogP contribution in [0.5, 0.6) is 0 Å². The van der Waals surface area contributed by atoms with E-state index in [9.17, 15) is 0 Å². The number of H-pyrrole nitrogens is 1. The van der Waals surface area contributed by atoms with Gasteiger partial charge < -0.3 is 9.72 Å². The number of fused-ring (bicyclic) bond motifs is 1. The molecule has 1 N–H and O–H groups in total. The Kier molecular flexibility index (Phi) is 4.72. The van der Waals surface area contributed by atoms with Crippen LogP contribution in [0.2, 0.25) is 0 Å². The molecule has 0 saturated carbocycles. The highest BCUT2D eigenvalue weighted by Gasteiger charge is 1.88. The first kappa shape index (κ1) is 10.7. The lowest BCUT2D eigenvalue weighted by molar-refractivity contribution is 0.162. The molecule has 0 saturated heterocycles. The van der Waals surface area contributed by atoms with E-state index in [2.05, 4.69) is 9.97 Å². The smallest absolute Gasteiger partial charge is 0.0931 e. The molecule has 3 heteroatoms. The fourth-order valence-electron chi connectivity index (χ4n) is 1.08. The second-order valence-corrected chi connectivity index (χ2v) is 2.70. The first-order chi connectivity index (χ1) is 6.88. The Balaban J connectivity index is 0.000000171. The zero-order valence-corrected chi connectivity index (χ0v) is 8.66. The van der Waals surface area contributed by atoms with Crippen molar-refractivity contribution in [2.45, 2.75) is 13.8 Å². The second kappa shape index (κ2) is 6.16. The normalized spacial score (nSPS) is 9.57. The first-order valence-corrected chi connectivity index (χ1v) is 4.84. The SMILES string of the molecule is CCOCC.c1ccc2[nH]cnc2c1. The number of para-hydroxylation sites is 2. The zero-order valence-electron chi connectivity index (χ0n) is 8.66. The number of hydrogen-bond donors (Lipinski definition) is 1. The third-order valence-corrected chi connectivity index (χ3v) is 1.74. The van der Waals surface area contributed by atoms with Gasteiger partial charge in [-0.2, -0.15) is 0 Å². The van der Waals surface area contributed by atoms with Gasteiger partial charge in [0.2, 0.25) is 0 Å². The van der Waals surface area contributed by atoms with Crippen LogP contribution in [0.15, 0.2) is 30.6 Å². The lowest BCUT2D eigenvalue weighted by atomic mass is 10.3. The lowest BCUT2D eigenvalue weighted by Gasteiger charge is -1.86. The van der Waals surface area contributed by atoms with Crippen molar-refractivity contribution in [3.63, 3.8) is 0 Å². The van der Waals surface area contributed by atoms with E-state index in [0.29, 0.717) is 0 Å². The molecule has 0 fully saturated rings. The van der Waals surface area contributed by atoms with Crippen molar-refractivity contribution in [1.82, 2.24) is 9.97 Å². The maximum absolute atomic E-state index is 4.83. The van der Waals surface area contributed by atoms with Crippen LogP contribution in [0.4, 0.5) is 0 Å². The fourth-order valence-corrected chi connectivity index (χ4v) is 1.08. The summed E-state index contributed by atoms with van der Waals surface area (Å²) in [5.74, 6) is 0. The van der Waals surface area contributed by atoms with E-state index in [1.165, 1.54) is 0 Å². The molecular formula is C11H16N2O. The summed E-state index contributed by atoms with van der Waals surface area (Å²) in [5.41, 5.74) is 2.12. The summed E-state index contributed by atoms with van der Waals surface area (Å²) in [6.07, 6.45) is 1.70. The molecule has 0 radical (unpaired) electrons. The van der Waals surface area contributed by atoms with Crippen molar-refractivity contribution in [2.75, 3.05) is 13.2 Å². The van der Waals surface area contributed by atoms with Crippen LogP contribution in [-0.4, -0.2) is 23.2 Å². The molecule has 3 nitrogen and oxygen atoms in total. The molecule has 2 rings (SSSR count). The summed E-state index contributed by atoms with van der Waals surface area (Å²) < 4.78 is 4.83. The maximum atomic E-state index is 4.83. The van der Waals surface area contributed by atoms with Crippen LogP contribution in [-0.2, 0) is 4.74 Å². The van der Waals surface area contributed by atoms with Crippen molar-refractivity contribution < 1.29 is 4.74 Å². The highest BCUT2D eigenvalue weighted by Crippen LogP contribution is 2.05. The minimum atomic E-state index is 0.844. The second-order valence-electron chi connectivity index (χ2n) is 2.70. The molecule has 0 aliphatic carbocycles. The number of benzene rings is 1. The van der Waals surface area contributed by atoms with Gasteiger partial charge in [-0.15, -0.1) is 0 Å². The summed E-state index contributed by atoms with van der Waals surface area (Å²) in [4.78, 5) is 7.07. The summed E-state index contributed by atoms with van der Waals surface area (Å²) in [6.45, 7) is 5.67. The number of ether oxygens (including phenoxy) is 1. The van der Waals surface area contributed by atoms with E-state index in [1.807, 2.05) is 38.1 Å². The minimum absolute atomic E-state index is 0.844. The molecule has 0 aliphatic heterocycles. The third-order valence-electron chi connectivity index (χ3n) is 1.74. The predicted molar refractivity (Wildman–Crippen MR) is 58.3 cm³/mol. The highest BCUT2D eigenvalue weighted by atomic mass is 16.5. The number of nitrogens with one attached hydrogen (secondary N) is 1. The van der Waals surface area contributed by atoms with Crippen molar-refractivity contribution in [1.29, 1.82) is 0 Å². The predicted octanol–water partition coefficient (Wildman–Crippen LogP) is 2.61. The Morgan fingerprint density at radius 1 is 1.21 bits per heavy atom. The van der Waals surface area contributed by atoms with Gasteiger partial charge in [-0.05, 0) is 26.0 Å². The molecule has 1 heterocycles. The molecule has 1 aromatic carbocycles. The fraction of sp³-hybridized carbons (Fsp3) is 0.364. The molecule has 14 heavy (non-hydrogen) atoms. The van der Waals surface area contributed by atoms with Crippen LogP contribution in [0.1, 0.15) is 13.8 Å². The zero-order chi connectivity index (χ0) is 10.2. The summed E-state index contributed by atoms with van der Waals surface area (Å²) in [5, 5.41) is 0. The van der Waals surface area contributed by atoms with Gasteiger partial charge in [-0.25, -0.2) is 4.98 Å². The van der Waals surface area contributed by atoms with Gasteiger partial charge in [0.25, 0.3) is 0 Å². The number of rotatable bonds is 2. The van der Waals surface area contributed by atoms with Crippen LogP contribution in [0, 0.1) is 0 Å². The summed E-state index contributed by atoms with van der Waals surface area (Å²) in [6, 6.07) is 7.94. The Labute approximate surface area is 84.1 Å². The average Bonchev–Trinajstić information content (AvgIpc) is 2.67. The molecule has 1 aromatic heterocycles. The molecule has 0 atom stereocenters. The molecular weight excluding hydrogens is 176 g/mol. The number of hydrogen-bond acceptors (Lipinski definition) is 2. The Morgan fingerprint density at radius 3 is 2.50 bits per heavy atom. The standard InChI is InChI=1S/C7H6N2.C4H10O/c1-2-4-7-6(3-1)8-5-9-7;1-3-5-4-2/h1-5H,(H,8,9);3-4H2,1-2H3. The van der Waals surface area contributed by atoms with Gasteiger partial charge in [-0.1, -0.05) is 12.1 Å². The van der Waals surface area contributed by atoms with E-state index in [4.69, 9.17) is 4.74 Å². The van der Waals surface area contributed by atoms with Gasteiger partial charge >= 0.3 is 0 Å². The van der Waals surface area contributed by atoms with E-state index in [1.54, 1.807) is 6.33 Å². The van der Waals surface area contributed by atoms with Gasteiger partial charge in [0.05, 0.1) is 17.4 Å². The van der Waals surface area contributed by atoms with Gasteiger partial charge in [0.15, 0.2) is 0 Å². The number of nitrogens with zero attached hydrogens (tertiary/aromatic N) is 1. The number of imidazole rings is 1. The van der Waals surface area contributed by atoms with Crippen LogP contribution < -0.4 is 0 Å². The van der Waals surface area contributed by atoms with Crippen molar-refractivity contribution in [3.8, 4) is 0 Å². The lowest BCUT2D eigenvalue weighted by Crippen LogP contribution is -1.84. The van der Waals surface area contributed by atoms with Crippen LogP contribution in [0.25, 0.3) is 11.0 Å². The van der Waals surface area contributed by atoms with Crippen molar-refractivity contribution in [2.24, 2.45) is 0 Å². The Bertz CT molecular complexity index is 325. The molecule has 0 bridgehead atoms. The topological polar surface area (TPSA) is 37.9 Å². The van der Waals surface area contributed by atoms with E-state index >= 15 is 0 Å². The Morgan fingerprint density at radius 2 is 1.93 bits per heavy atom. The highest BCUT2D eigenvalue weighted by molar-refractivity contribution is 5.73. The summed E-state index contributed by atoms with van der Waals surface area (Å²) in [7, 11) is 0. The number of aromatic nitrogens is 2. The van der Waals surface area contributed by atoms with Crippen LogP contribution >= 0.6 is 0 Å². The minimum Gasteiger partial charge on any atom is -0.382 e. The first-order valence-electron chi connectivity index (χ1n) is 4.84. The molecule has 0 amide bonds. The molecule has 0 aliphatic rings. The quantitative estimate of drug-likeness (QED) is 0.794. The van der Waals surface area contributed by atoms with Gasteiger partial charge in [0, 0.05) is 13.2 Å². The number of aromatic amines is 1. The third kappa shape index (κ3) is 3.18. The molecule has 0 spiro atoms. The summed E-state index contributed by atoms with van der Waals surface area (Å²) >= 11 is 0. The molecule has 76 valence electrons. The monoisotopic (exact) mass is 192 g/mol.